The van der Waals surface area contributed by atoms with Gasteiger partial charge in [-0.3, -0.25) is 9.36 Å². The topological polar surface area (TPSA) is 124 Å². The van der Waals surface area contributed by atoms with Crippen molar-refractivity contribution in [2.75, 3.05) is 40.1 Å². The number of nitrogens with zero attached hydrogens (tertiary/aromatic N) is 2. The summed E-state index contributed by atoms with van der Waals surface area (Å²) in [5, 5.41) is 0. The highest BCUT2D eigenvalue weighted by molar-refractivity contribution is 9.10. The van der Waals surface area contributed by atoms with Crippen molar-refractivity contribution < 1.29 is 38.0 Å². The summed E-state index contributed by atoms with van der Waals surface area (Å²) in [5.74, 6) is 0.654. The standard InChI is InChI=1S/C31H33BrN2O9S/c1-6-39-22-11-10-19(15-23(22)40-7-2)27-20(30(37)38-5)16-33-31-34(27)29(36)25(44-31)14-18-12-21(32)28(24(13-18)41-8-3)43-17-26(35)42-9-4/h10-16,27H,6-9,17H2,1-5H3/b25-14-/t27-/m0/s1. The van der Waals surface area contributed by atoms with Gasteiger partial charge in [-0.05, 0) is 85.1 Å². The molecule has 3 aromatic rings. The first-order valence-corrected chi connectivity index (χ1v) is 15.6. The van der Waals surface area contributed by atoms with Gasteiger partial charge in [-0.1, -0.05) is 17.4 Å². The summed E-state index contributed by atoms with van der Waals surface area (Å²) in [7, 11) is 1.28. The molecular formula is C31H33BrN2O9S. The highest BCUT2D eigenvalue weighted by Gasteiger charge is 2.31. The number of methoxy groups -OCH3 is 1. The van der Waals surface area contributed by atoms with Crippen LogP contribution in [0.25, 0.3) is 6.08 Å². The van der Waals surface area contributed by atoms with Crippen molar-refractivity contribution in [3.63, 3.8) is 0 Å². The second kappa shape index (κ2) is 15.1. The summed E-state index contributed by atoms with van der Waals surface area (Å²) in [6, 6.07) is 7.95. The maximum absolute atomic E-state index is 14.0. The maximum Gasteiger partial charge on any atom is 0.344 e. The number of carbonyl (C=O) groups excluding carboxylic acids is 2. The van der Waals surface area contributed by atoms with Crippen LogP contribution in [0.15, 0.2) is 56.4 Å². The molecule has 0 spiro atoms. The number of ether oxygens (including phenoxy) is 6. The number of esters is 2. The number of carbonyl (C=O) groups is 2. The molecule has 0 saturated carbocycles. The number of hydrogen-bond acceptors (Lipinski definition) is 11. The molecule has 234 valence electrons. The minimum Gasteiger partial charge on any atom is -0.490 e. The van der Waals surface area contributed by atoms with Gasteiger partial charge in [-0.15, -0.1) is 0 Å². The Kier molecular flexibility index (Phi) is 11.2. The van der Waals surface area contributed by atoms with E-state index in [1.165, 1.54) is 29.2 Å². The number of thiazole rings is 1. The molecule has 0 radical (unpaired) electrons. The van der Waals surface area contributed by atoms with Gasteiger partial charge >= 0.3 is 11.9 Å². The van der Waals surface area contributed by atoms with Gasteiger partial charge in [0.2, 0.25) is 0 Å². The second-order valence-corrected chi connectivity index (χ2v) is 11.0. The third-order valence-corrected chi connectivity index (χ3v) is 7.86. The Bertz CT molecular complexity index is 1750. The van der Waals surface area contributed by atoms with Gasteiger partial charge in [0.1, 0.15) is 0 Å². The van der Waals surface area contributed by atoms with Crippen molar-refractivity contribution in [1.82, 2.24) is 4.57 Å². The summed E-state index contributed by atoms with van der Waals surface area (Å²) in [6.45, 7) is 8.42. The van der Waals surface area contributed by atoms with Crippen LogP contribution in [0.3, 0.4) is 0 Å². The van der Waals surface area contributed by atoms with Crippen molar-refractivity contribution in [2.45, 2.75) is 33.7 Å². The Morgan fingerprint density at radius 3 is 2.34 bits per heavy atom. The molecule has 0 unspecified atom stereocenters. The van der Waals surface area contributed by atoms with E-state index in [9.17, 15) is 14.4 Å². The largest absolute Gasteiger partial charge is 0.490 e. The molecule has 11 nitrogen and oxygen atoms in total. The maximum atomic E-state index is 14.0. The van der Waals surface area contributed by atoms with Crippen LogP contribution >= 0.6 is 27.3 Å². The first-order chi connectivity index (χ1) is 21.3. The fourth-order valence-electron chi connectivity index (χ4n) is 4.55. The normalized spacial score (nSPS) is 14.2. The quantitative estimate of drug-likeness (QED) is 0.246. The van der Waals surface area contributed by atoms with E-state index in [4.69, 9.17) is 28.4 Å². The zero-order valence-corrected chi connectivity index (χ0v) is 27.4. The van der Waals surface area contributed by atoms with Crippen LogP contribution in [0, 0.1) is 0 Å². The Morgan fingerprint density at radius 1 is 0.955 bits per heavy atom. The van der Waals surface area contributed by atoms with Crippen LogP contribution in [0.5, 0.6) is 23.0 Å². The van der Waals surface area contributed by atoms with Crippen molar-refractivity contribution in [2.24, 2.45) is 4.99 Å². The predicted octanol–water partition coefficient (Wildman–Crippen LogP) is 3.92. The molecule has 0 aliphatic carbocycles. The molecule has 0 amide bonds. The average molecular weight is 690 g/mol. The number of halogens is 1. The molecule has 0 fully saturated rings. The highest BCUT2D eigenvalue weighted by atomic mass is 79.9. The van der Waals surface area contributed by atoms with Crippen molar-refractivity contribution in [1.29, 1.82) is 0 Å². The molecule has 1 aromatic heterocycles. The molecule has 4 rings (SSSR count). The summed E-state index contributed by atoms with van der Waals surface area (Å²) in [5.41, 5.74) is 1.11. The van der Waals surface area contributed by atoms with E-state index < -0.39 is 18.0 Å². The number of fused-ring (bicyclic) bond motifs is 1. The van der Waals surface area contributed by atoms with E-state index in [-0.39, 0.29) is 24.3 Å². The molecule has 44 heavy (non-hydrogen) atoms. The van der Waals surface area contributed by atoms with Crippen LogP contribution in [-0.4, -0.2) is 56.6 Å². The number of aromatic nitrogens is 1. The van der Waals surface area contributed by atoms with E-state index in [1.807, 2.05) is 20.8 Å². The van der Waals surface area contributed by atoms with Crippen LogP contribution in [0.4, 0.5) is 0 Å². The molecule has 2 heterocycles. The lowest BCUT2D eigenvalue weighted by atomic mass is 9.97. The Labute approximate surface area is 266 Å². The number of hydrogen-bond donors (Lipinski definition) is 0. The van der Waals surface area contributed by atoms with Crippen LogP contribution in [0.2, 0.25) is 0 Å². The monoisotopic (exact) mass is 688 g/mol. The third-order valence-electron chi connectivity index (χ3n) is 6.28. The lowest BCUT2D eigenvalue weighted by Crippen LogP contribution is -2.39. The second-order valence-electron chi connectivity index (χ2n) is 9.10. The minimum absolute atomic E-state index is 0.197. The van der Waals surface area contributed by atoms with E-state index in [0.717, 1.165) is 0 Å². The summed E-state index contributed by atoms with van der Waals surface area (Å²) in [4.78, 5) is 43.5. The van der Waals surface area contributed by atoms with Gasteiger partial charge in [-0.25, -0.2) is 14.6 Å². The molecular weight excluding hydrogens is 656 g/mol. The molecule has 0 saturated heterocycles. The van der Waals surface area contributed by atoms with Crippen LogP contribution in [0.1, 0.15) is 44.9 Å². The van der Waals surface area contributed by atoms with Crippen LogP contribution in [-0.2, 0) is 19.1 Å². The predicted molar refractivity (Wildman–Crippen MR) is 167 cm³/mol. The van der Waals surface area contributed by atoms with Crippen molar-refractivity contribution in [3.8, 4) is 23.0 Å². The van der Waals surface area contributed by atoms with Crippen molar-refractivity contribution in [3.05, 3.63) is 77.4 Å². The fraction of sp³-hybridized carbons (Fsp3) is 0.355. The molecule has 1 aliphatic heterocycles. The zero-order valence-electron chi connectivity index (χ0n) is 25.0. The van der Waals surface area contributed by atoms with E-state index in [0.29, 0.717) is 67.8 Å². The Balaban J connectivity index is 1.82. The first-order valence-electron chi connectivity index (χ1n) is 14.0. The SMILES string of the molecule is CCOC(=O)COc1c(Br)cc(/C=c2\sc3n(c2=O)[C@@H](c2ccc(OCC)c(OCC)c2)C(C(=O)OC)=CN=3)cc1OCC. The van der Waals surface area contributed by atoms with Gasteiger partial charge in [0.25, 0.3) is 5.56 Å². The lowest BCUT2D eigenvalue weighted by molar-refractivity contribution is -0.145. The molecule has 2 aromatic carbocycles. The molecule has 1 aliphatic rings. The Morgan fingerprint density at radius 2 is 1.66 bits per heavy atom. The van der Waals surface area contributed by atoms with E-state index in [2.05, 4.69) is 20.9 Å². The van der Waals surface area contributed by atoms with Crippen molar-refractivity contribution >= 4 is 45.3 Å². The molecule has 13 heteroatoms. The minimum atomic E-state index is -0.819. The smallest absolute Gasteiger partial charge is 0.344 e. The van der Waals surface area contributed by atoms with Gasteiger partial charge in [0.05, 0.1) is 54.2 Å². The molecule has 0 N–H and O–H groups in total. The van der Waals surface area contributed by atoms with E-state index >= 15 is 0 Å². The van der Waals surface area contributed by atoms with Gasteiger partial charge in [-0.2, -0.15) is 0 Å². The fourth-order valence-corrected chi connectivity index (χ4v) is 6.09. The average Bonchev–Trinajstić information content (AvgIpc) is 3.31. The zero-order chi connectivity index (χ0) is 31.8. The molecule has 1 atom stereocenters. The number of benzene rings is 2. The lowest BCUT2D eigenvalue weighted by Gasteiger charge is -2.23. The summed E-state index contributed by atoms with van der Waals surface area (Å²) in [6.07, 6.45) is 3.14. The third kappa shape index (κ3) is 7.16. The summed E-state index contributed by atoms with van der Waals surface area (Å²) < 4.78 is 35.3. The molecule has 0 bridgehead atoms. The highest BCUT2D eigenvalue weighted by Crippen LogP contribution is 2.38. The van der Waals surface area contributed by atoms with Crippen LogP contribution < -0.4 is 33.8 Å². The first kappa shape index (κ1) is 32.8. The summed E-state index contributed by atoms with van der Waals surface area (Å²) >= 11 is 4.68. The van der Waals surface area contributed by atoms with Gasteiger partial charge in [0, 0.05) is 6.20 Å². The van der Waals surface area contributed by atoms with Gasteiger partial charge < -0.3 is 28.4 Å². The van der Waals surface area contributed by atoms with E-state index in [1.54, 1.807) is 43.3 Å². The number of rotatable bonds is 13. The van der Waals surface area contributed by atoms with Gasteiger partial charge in [0.15, 0.2) is 34.4 Å². The Hall–Kier alpha value is -4.10.